The largest absolute Gasteiger partial charge is 0.352 e. The first-order chi connectivity index (χ1) is 13.0. The summed E-state index contributed by atoms with van der Waals surface area (Å²) in [5.41, 5.74) is -0.764. The summed E-state index contributed by atoms with van der Waals surface area (Å²) in [7, 11) is 0. The third-order valence-electron chi connectivity index (χ3n) is 7.02. The molecule has 0 bridgehead atoms. The fourth-order valence-corrected chi connectivity index (χ4v) is 5.17. The molecule has 6 nitrogen and oxygen atoms in total. The Labute approximate surface area is 162 Å². The van der Waals surface area contributed by atoms with Crippen LogP contribution < -0.4 is 10.6 Å². The van der Waals surface area contributed by atoms with Crippen LogP contribution in [-0.4, -0.2) is 40.9 Å². The normalized spacial score (nSPS) is 33.6. The van der Waals surface area contributed by atoms with Gasteiger partial charge in [-0.25, -0.2) is 4.79 Å². The summed E-state index contributed by atoms with van der Waals surface area (Å²) in [5.74, 6) is 0.769. The molecule has 0 radical (unpaired) electrons. The number of hydrogen-bond acceptors (Lipinski definition) is 3. The smallest absolute Gasteiger partial charge is 0.325 e. The van der Waals surface area contributed by atoms with Gasteiger partial charge in [0.25, 0.3) is 5.91 Å². The highest BCUT2D eigenvalue weighted by atomic mass is 16.2. The molecule has 2 unspecified atom stereocenters. The summed E-state index contributed by atoms with van der Waals surface area (Å²) in [5, 5.41) is 6.01. The first kappa shape index (κ1) is 20.2. The number of nitrogens with zero attached hydrogens (tertiary/aromatic N) is 1. The Morgan fingerprint density at radius 1 is 1.19 bits per heavy atom. The number of urea groups is 1. The van der Waals surface area contributed by atoms with Gasteiger partial charge in [-0.2, -0.15) is 0 Å². The molecule has 2 aliphatic carbocycles. The van der Waals surface area contributed by atoms with Gasteiger partial charge in [-0.05, 0) is 56.8 Å². The maximum Gasteiger partial charge on any atom is 0.325 e. The number of rotatable bonds is 7. The van der Waals surface area contributed by atoms with Crippen LogP contribution in [0.5, 0.6) is 0 Å². The van der Waals surface area contributed by atoms with E-state index in [2.05, 4.69) is 24.5 Å². The van der Waals surface area contributed by atoms with Crippen molar-refractivity contribution >= 4 is 17.8 Å². The Balaban J connectivity index is 1.55. The fraction of sp³-hybridized carbons (Fsp3) is 0.857. The van der Waals surface area contributed by atoms with E-state index in [0.717, 1.165) is 49.8 Å². The minimum atomic E-state index is -0.764. The highest BCUT2D eigenvalue weighted by Gasteiger charge is 2.52. The molecule has 0 aromatic rings. The monoisotopic (exact) mass is 377 g/mol. The van der Waals surface area contributed by atoms with E-state index in [1.54, 1.807) is 0 Å². The number of carbonyl (C=O) groups is 3. The van der Waals surface area contributed by atoms with Gasteiger partial charge in [-0.15, -0.1) is 0 Å². The molecule has 0 aromatic carbocycles. The number of nitrogens with one attached hydrogen (secondary N) is 2. The number of unbranched alkanes of at least 4 members (excludes halogenated alkanes) is 1. The molecule has 6 heteroatoms. The second-order valence-corrected chi connectivity index (χ2v) is 8.76. The first-order valence-electron chi connectivity index (χ1n) is 10.9. The zero-order valence-corrected chi connectivity index (χ0v) is 16.9. The molecule has 1 heterocycles. The van der Waals surface area contributed by atoms with Crippen molar-refractivity contribution in [3.05, 3.63) is 0 Å². The Bertz CT molecular complexity index is 569. The summed E-state index contributed by atoms with van der Waals surface area (Å²) in [6.07, 6.45) is 11.2. The molecule has 1 saturated heterocycles. The van der Waals surface area contributed by atoms with Gasteiger partial charge in [0.2, 0.25) is 5.91 Å². The Morgan fingerprint density at radius 3 is 2.59 bits per heavy atom. The maximum absolute atomic E-state index is 12.9. The fourth-order valence-electron chi connectivity index (χ4n) is 5.17. The molecule has 3 rings (SSSR count). The summed E-state index contributed by atoms with van der Waals surface area (Å²) in [6.45, 7) is 4.20. The zero-order chi connectivity index (χ0) is 19.4. The summed E-state index contributed by atoms with van der Waals surface area (Å²) < 4.78 is 0. The summed E-state index contributed by atoms with van der Waals surface area (Å²) >= 11 is 0. The molecule has 2 N–H and O–H groups in total. The lowest BCUT2D eigenvalue weighted by atomic mass is 9.75. The van der Waals surface area contributed by atoms with Gasteiger partial charge < -0.3 is 10.6 Å². The molecule has 2 atom stereocenters. The average Bonchev–Trinajstić information content (AvgIpc) is 3.19. The van der Waals surface area contributed by atoms with E-state index >= 15 is 0 Å². The van der Waals surface area contributed by atoms with Crippen molar-refractivity contribution < 1.29 is 14.4 Å². The van der Waals surface area contributed by atoms with E-state index in [9.17, 15) is 14.4 Å². The molecular weight excluding hydrogens is 342 g/mol. The number of hydrogen-bond donors (Lipinski definition) is 2. The molecule has 3 fully saturated rings. The Hall–Kier alpha value is -1.59. The van der Waals surface area contributed by atoms with Crippen LogP contribution in [0.3, 0.4) is 0 Å². The van der Waals surface area contributed by atoms with Crippen molar-refractivity contribution in [2.24, 2.45) is 11.8 Å². The molecule has 27 heavy (non-hydrogen) atoms. The van der Waals surface area contributed by atoms with Gasteiger partial charge in [0.15, 0.2) is 0 Å². The van der Waals surface area contributed by atoms with E-state index in [-0.39, 0.29) is 24.4 Å². The molecular formula is C21H35N3O3. The van der Waals surface area contributed by atoms with E-state index in [4.69, 9.17) is 0 Å². The molecule has 152 valence electrons. The van der Waals surface area contributed by atoms with E-state index < -0.39 is 11.6 Å². The topological polar surface area (TPSA) is 78.5 Å². The van der Waals surface area contributed by atoms with Crippen LogP contribution in [-0.2, 0) is 9.59 Å². The number of amides is 4. The third kappa shape index (κ3) is 4.30. The summed E-state index contributed by atoms with van der Waals surface area (Å²) in [4.78, 5) is 39.0. The number of carbonyl (C=O) groups excluding carboxylic acids is 3. The van der Waals surface area contributed by atoms with Gasteiger partial charge in [0.1, 0.15) is 12.1 Å². The second kappa shape index (κ2) is 8.61. The molecule has 1 aliphatic heterocycles. The van der Waals surface area contributed by atoms with E-state index in [1.807, 2.05) is 0 Å². The molecule has 4 amide bonds. The van der Waals surface area contributed by atoms with Crippen LogP contribution in [0.4, 0.5) is 4.79 Å². The van der Waals surface area contributed by atoms with Gasteiger partial charge in [0.05, 0.1) is 0 Å². The average molecular weight is 378 g/mol. The molecule has 0 aromatic heterocycles. The van der Waals surface area contributed by atoms with E-state index in [0.29, 0.717) is 24.7 Å². The van der Waals surface area contributed by atoms with E-state index in [1.165, 1.54) is 12.8 Å². The van der Waals surface area contributed by atoms with Crippen LogP contribution in [0, 0.1) is 11.8 Å². The quantitative estimate of drug-likeness (QED) is 0.668. The lowest BCUT2D eigenvalue weighted by Gasteiger charge is -2.34. The molecule has 1 spiro atoms. The minimum Gasteiger partial charge on any atom is -0.352 e. The van der Waals surface area contributed by atoms with Crippen LogP contribution >= 0.6 is 0 Å². The van der Waals surface area contributed by atoms with Gasteiger partial charge >= 0.3 is 6.03 Å². The SMILES string of the molecule is CCCCC1CCCC1NC(=O)CN1C(=O)NC2(CCC(CC)CC2)C1=O. The maximum atomic E-state index is 12.9. The van der Waals surface area contributed by atoms with Crippen LogP contribution in [0.1, 0.15) is 84.5 Å². The highest BCUT2D eigenvalue weighted by Crippen LogP contribution is 2.37. The third-order valence-corrected chi connectivity index (χ3v) is 7.02. The van der Waals surface area contributed by atoms with Crippen LogP contribution in [0.25, 0.3) is 0 Å². The zero-order valence-electron chi connectivity index (χ0n) is 16.9. The lowest BCUT2D eigenvalue weighted by Crippen LogP contribution is -2.50. The van der Waals surface area contributed by atoms with Crippen molar-refractivity contribution in [2.75, 3.05) is 6.54 Å². The van der Waals surface area contributed by atoms with Gasteiger partial charge in [-0.1, -0.05) is 39.5 Å². The highest BCUT2D eigenvalue weighted by molar-refractivity contribution is 6.09. The molecule has 3 aliphatic rings. The predicted molar refractivity (Wildman–Crippen MR) is 104 cm³/mol. The molecule has 2 saturated carbocycles. The van der Waals surface area contributed by atoms with Gasteiger partial charge in [-0.3, -0.25) is 14.5 Å². The Kier molecular flexibility index (Phi) is 6.43. The lowest BCUT2D eigenvalue weighted by molar-refractivity contribution is -0.136. The van der Waals surface area contributed by atoms with Crippen molar-refractivity contribution in [1.29, 1.82) is 0 Å². The predicted octanol–water partition coefficient (Wildman–Crippen LogP) is 3.35. The van der Waals surface area contributed by atoms with Crippen molar-refractivity contribution in [3.63, 3.8) is 0 Å². The van der Waals surface area contributed by atoms with Crippen molar-refractivity contribution in [1.82, 2.24) is 15.5 Å². The Morgan fingerprint density at radius 2 is 1.93 bits per heavy atom. The second-order valence-electron chi connectivity index (χ2n) is 8.76. The number of imide groups is 1. The standard InChI is InChI=1S/C21H35N3O3/c1-3-5-7-16-8-6-9-17(16)22-18(25)14-24-19(26)21(23-20(24)27)12-10-15(4-2)11-13-21/h15-17H,3-14H2,1-2H3,(H,22,25)(H,23,27). The van der Waals surface area contributed by atoms with Crippen molar-refractivity contribution in [3.8, 4) is 0 Å². The van der Waals surface area contributed by atoms with Crippen LogP contribution in [0.2, 0.25) is 0 Å². The minimum absolute atomic E-state index is 0.152. The van der Waals surface area contributed by atoms with Gasteiger partial charge in [0, 0.05) is 6.04 Å². The summed E-state index contributed by atoms with van der Waals surface area (Å²) in [6, 6.07) is -0.210. The van der Waals surface area contributed by atoms with Crippen molar-refractivity contribution in [2.45, 2.75) is 96.1 Å². The van der Waals surface area contributed by atoms with Crippen LogP contribution in [0.15, 0.2) is 0 Å². The first-order valence-corrected chi connectivity index (χ1v) is 10.9.